The molecule has 0 atom stereocenters. The van der Waals surface area contributed by atoms with E-state index in [1.54, 1.807) is 7.05 Å². The standard InChI is InChI=1S/C13H18N4O2S/c1-3-10-4-6-11(7-5-10)8-15-20(18,19)12-9-17(2)16-13(12)14/h4-7,9,15H,3,8H2,1-2H3,(H2,14,16). The van der Waals surface area contributed by atoms with Crippen LogP contribution in [0.15, 0.2) is 35.4 Å². The minimum absolute atomic E-state index is 0.00123. The first kappa shape index (κ1) is 14.5. The summed E-state index contributed by atoms with van der Waals surface area (Å²) in [6.45, 7) is 2.30. The van der Waals surface area contributed by atoms with E-state index < -0.39 is 10.0 Å². The van der Waals surface area contributed by atoms with Crippen molar-refractivity contribution in [2.45, 2.75) is 24.8 Å². The summed E-state index contributed by atoms with van der Waals surface area (Å²) in [6.07, 6.45) is 2.34. The highest BCUT2D eigenvalue weighted by molar-refractivity contribution is 7.89. The Morgan fingerprint density at radius 1 is 1.25 bits per heavy atom. The second kappa shape index (κ2) is 5.64. The number of anilines is 1. The molecule has 20 heavy (non-hydrogen) atoms. The Balaban J connectivity index is 2.11. The Morgan fingerprint density at radius 2 is 1.85 bits per heavy atom. The molecule has 0 aliphatic carbocycles. The summed E-state index contributed by atoms with van der Waals surface area (Å²) < 4.78 is 28.1. The van der Waals surface area contributed by atoms with Gasteiger partial charge in [0.1, 0.15) is 4.90 Å². The normalized spacial score (nSPS) is 11.7. The second-order valence-electron chi connectivity index (χ2n) is 4.55. The van der Waals surface area contributed by atoms with E-state index in [9.17, 15) is 8.42 Å². The van der Waals surface area contributed by atoms with Crippen molar-refractivity contribution >= 4 is 15.8 Å². The van der Waals surface area contributed by atoms with E-state index in [1.807, 2.05) is 24.3 Å². The van der Waals surface area contributed by atoms with Crippen molar-refractivity contribution in [3.8, 4) is 0 Å². The lowest BCUT2D eigenvalue weighted by Gasteiger charge is -2.06. The average Bonchev–Trinajstić information content (AvgIpc) is 2.77. The molecule has 6 nitrogen and oxygen atoms in total. The lowest BCUT2D eigenvalue weighted by molar-refractivity contribution is 0.581. The maximum absolute atomic E-state index is 12.1. The number of benzene rings is 1. The van der Waals surface area contributed by atoms with Crippen molar-refractivity contribution in [1.29, 1.82) is 0 Å². The molecular formula is C13H18N4O2S. The topological polar surface area (TPSA) is 90.0 Å². The highest BCUT2D eigenvalue weighted by Gasteiger charge is 2.20. The number of aryl methyl sites for hydroxylation is 2. The molecule has 2 aromatic rings. The molecule has 0 saturated carbocycles. The molecule has 3 N–H and O–H groups in total. The zero-order valence-corrected chi connectivity index (χ0v) is 12.3. The molecule has 108 valence electrons. The minimum Gasteiger partial charge on any atom is -0.381 e. The third-order valence-corrected chi connectivity index (χ3v) is 4.43. The van der Waals surface area contributed by atoms with Crippen LogP contribution in [0.2, 0.25) is 0 Å². The zero-order valence-electron chi connectivity index (χ0n) is 11.5. The number of nitrogens with two attached hydrogens (primary N) is 1. The van der Waals surface area contributed by atoms with Gasteiger partial charge in [-0.05, 0) is 17.5 Å². The van der Waals surface area contributed by atoms with Crippen LogP contribution in [-0.4, -0.2) is 18.2 Å². The molecule has 0 radical (unpaired) electrons. The van der Waals surface area contributed by atoms with Crippen molar-refractivity contribution < 1.29 is 8.42 Å². The van der Waals surface area contributed by atoms with Gasteiger partial charge in [0.2, 0.25) is 10.0 Å². The molecule has 0 aliphatic rings. The molecule has 0 unspecified atom stereocenters. The Morgan fingerprint density at radius 3 is 2.35 bits per heavy atom. The minimum atomic E-state index is -3.64. The van der Waals surface area contributed by atoms with Gasteiger partial charge in [-0.3, -0.25) is 4.68 Å². The van der Waals surface area contributed by atoms with Crippen molar-refractivity contribution in [2.75, 3.05) is 5.73 Å². The predicted molar refractivity (Wildman–Crippen MR) is 77.5 cm³/mol. The molecule has 0 bridgehead atoms. The van der Waals surface area contributed by atoms with Gasteiger partial charge in [-0.2, -0.15) is 5.10 Å². The van der Waals surface area contributed by atoms with E-state index in [4.69, 9.17) is 5.73 Å². The lowest BCUT2D eigenvalue weighted by Crippen LogP contribution is -2.23. The number of nitrogen functional groups attached to an aromatic ring is 1. The third kappa shape index (κ3) is 3.17. The van der Waals surface area contributed by atoms with Crippen molar-refractivity contribution in [3.05, 3.63) is 41.6 Å². The van der Waals surface area contributed by atoms with Crippen LogP contribution in [0.4, 0.5) is 5.82 Å². The average molecular weight is 294 g/mol. The number of hydrogen-bond acceptors (Lipinski definition) is 4. The highest BCUT2D eigenvalue weighted by atomic mass is 32.2. The third-order valence-electron chi connectivity index (χ3n) is 3.01. The van der Waals surface area contributed by atoms with Gasteiger partial charge in [0, 0.05) is 19.8 Å². The first-order chi connectivity index (χ1) is 9.42. The van der Waals surface area contributed by atoms with Crippen LogP contribution in [-0.2, 0) is 30.0 Å². The van der Waals surface area contributed by atoms with E-state index in [2.05, 4.69) is 16.7 Å². The van der Waals surface area contributed by atoms with Gasteiger partial charge in [0.25, 0.3) is 0 Å². The SMILES string of the molecule is CCc1ccc(CNS(=O)(=O)c2cn(C)nc2N)cc1. The van der Waals surface area contributed by atoms with Crippen molar-refractivity contribution in [1.82, 2.24) is 14.5 Å². The maximum atomic E-state index is 12.1. The number of nitrogens with zero attached hydrogens (tertiary/aromatic N) is 2. The molecule has 0 saturated heterocycles. The summed E-state index contributed by atoms with van der Waals surface area (Å²) in [5.41, 5.74) is 7.70. The first-order valence-electron chi connectivity index (χ1n) is 6.29. The van der Waals surface area contributed by atoms with Crippen LogP contribution >= 0.6 is 0 Å². The largest absolute Gasteiger partial charge is 0.381 e. The van der Waals surface area contributed by atoms with Gasteiger partial charge in [0.05, 0.1) is 0 Å². The number of aromatic nitrogens is 2. The molecule has 1 aromatic heterocycles. The van der Waals surface area contributed by atoms with Gasteiger partial charge in [-0.25, -0.2) is 13.1 Å². The van der Waals surface area contributed by atoms with Crippen molar-refractivity contribution in [2.24, 2.45) is 7.05 Å². The maximum Gasteiger partial charge on any atom is 0.246 e. The van der Waals surface area contributed by atoms with E-state index in [0.717, 1.165) is 12.0 Å². The summed E-state index contributed by atoms with van der Waals surface area (Å²) in [7, 11) is -2.02. The smallest absolute Gasteiger partial charge is 0.246 e. The van der Waals surface area contributed by atoms with Crippen LogP contribution in [0.25, 0.3) is 0 Å². The fourth-order valence-electron chi connectivity index (χ4n) is 1.84. The fraction of sp³-hybridized carbons (Fsp3) is 0.308. The fourth-order valence-corrected chi connectivity index (χ4v) is 2.96. The summed E-state index contributed by atoms with van der Waals surface area (Å²) in [4.78, 5) is 0.00479. The van der Waals surface area contributed by atoms with Crippen LogP contribution in [0.5, 0.6) is 0 Å². The van der Waals surface area contributed by atoms with Crippen LogP contribution < -0.4 is 10.5 Å². The highest BCUT2D eigenvalue weighted by Crippen LogP contribution is 2.15. The molecule has 0 fully saturated rings. The van der Waals surface area contributed by atoms with E-state index in [0.29, 0.717) is 0 Å². The monoisotopic (exact) mass is 294 g/mol. The van der Waals surface area contributed by atoms with Crippen LogP contribution in [0, 0.1) is 0 Å². The van der Waals surface area contributed by atoms with Gasteiger partial charge in [-0.1, -0.05) is 31.2 Å². The lowest BCUT2D eigenvalue weighted by atomic mass is 10.1. The van der Waals surface area contributed by atoms with Crippen LogP contribution in [0.3, 0.4) is 0 Å². The zero-order chi connectivity index (χ0) is 14.8. The van der Waals surface area contributed by atoms with E-state index in [1.165, 1.54) is 16.4 Å². The van der Waals surface area contributed by atoms with Gasteiger partial charge >= 0.3 is 0 Å². The van der Waals surface area contributed by atoms with Gasteiger partial charge in [0.15, 0.2) is 5.82 Å². The molecule has 1 heterocycles. The number of sulfonamides is 1. The first-order valence-corrected chi connectivity index (χ1v) is 7.77. The summed E-state index contributed by atoms with van der Waals surface area (Å²) >= 11 is 0. The Bertz CT molecular complexity index is 690. The molecule has 2 rings (SSSR count). The quantitative estimate of drug-likeness (QED) is 0.862. The molecular weight excluding hydrogens is 276 g/mol. The Kier molecular flexibility index (Phi) is 4.10. The van der Waals surface area contributed by atoms with Gasteiger partial charge < -0.3 is 5.73 Å². The molecule has 0 spiro atoms. The molecule has 1 aromatic carbocycles. The second-order valence-corrected chi connectivity index (χ2v) is 6.28. The van der Waals surface area contributed by atoms with E-state index in [-0.39, 0.29) is 17.3 Å². The summed E-state index contributed by atoms with van der Waals surface area (Å²) in [6, 6.07) is 7.80. The van der Waals surface area contributed by atoms with Crippen LogP contribution in [0.1, 0.15) is 18.1 Å². The predicted octanol–water partition coefficient (Wildman–Crippen LogP) is 1.04. The molecule has 0 amide bonds. The van der Waals surface area contributed by atoms with Gasteiger partial charge in [-0.15, -0.1) is 0 Å². The molecule has 7 heteroatoms. The van der Waals surface area contributed by atoms with E-state index >= 15 is 0 Å². The number of hydrogen-bond donors (Lipinski definition) is 2. The molecule has 0 aliphatic heterocycles. The summed E-state index contributed by atoms with van der Waals surface area (Å²) in [5.74, 6) is 0.00123. The number of rotatable bonds is 5. The Hall–Kier alpha value is -1.86. The van der Waals surface area contributed by atoms with Crippen molar-refractivity contribution in [3.63, 3.8) is 0 Å². The number of nitrogens with one attached hydrogen (secondary N) is 1. The summed E-state index contributed by atoms with van der Waals surface area (Å²) in [5, 5.41) is 3.83. The Labute approximate surface area is 118 Å².